The molecule has 0 aromatic carbocycles. The van der Waals surface area contributed by atoms with Crippen molar-refractivity contribution in [3.8, 4) is 22.6 Å². The Morgan fingerprint density at radius 2 is 2.11 bits per heavy atom. The molecule has 1 atom stereocenters. The second kappa shape index (κ2) is 6.81. The van der Waals surface area contributed by atoms with Crippen LogP contribution in [0, 0.1) is 6.92 Å². The van der Waals surface area contributed by atoms with Crippen molar-refractivity contribution < 1.29 is 5.11 Å². The van der Waals surface area contributed by atoms with E-state index >= 15 is 0 Å². The van der Waals surface area contributed by atoms with E-state index in [0.717, 1.165) is 39.5 Å². The number of anilines is 1. The van der Waals surface area contributed by atoms with Gasteiger partial charge in [-0.3, -0.25) is 0 Å². The zero-order valence-electron chi connectivity index (χ0n) is 15.4. The lowest BCUT2D eigenvalue weighted by Gasteiger charge is -2.10. The van der Waals surface area contributed by atoms with Crippen LogP contribution in [0.25, 0.3) is 33.7 Å². The Balaban J connectivity index is 1.80. The Bertz CT molecular complexity index is 1100. The molecule has 27 heavy (non-hydrogen) atoms. The van der Waals surface area contributed by atoms with Crippen LogP contribution in [-0.4, -0.2) is 47.2 Å². The smallest absolute Gasteiger partial charge is 0.223 e. The summed E-state index contributed by atoms with van der Waals surface area (Å²) >= 11 is 0. The fraction of sp³-hybridized carbons (Fsp3) is 0.263. The standard InChI is InChI=1S/C19H21N7O/c1-11(27)9-23-19-21-7-5-15(25-19)17-16(24-12(2)26(17)3)14-8-13-4-6-20-18(13)22-10-14/h4-8,10-11,27H,9H2,1-3H3,(H,20,22)(H,21,23,25)/t11-/m0/s1. The van der Waals surface area contributed by atoms with Crippen LogP contribution < -0.4 is 5.32 Å². The van der Waals surface area contributed by atoms with Gasteiger partial charge in [0, 0.05) is 43.1 Å². The van der Waals surface area contributed by atoms with E-state index in [9.17, 15) is 5.11 Å². The van der Waals surface area contributed by atoms with E-state index in [1.807, 2.05) is 43.1 Å². The highest BCUT2D eigenvalue weighted by Crippen LogP contribution is 2.32. The first-order valence-corrected chi connectivity index (χ1v) is 8.75. The maximum atomic E-state index is 9.47. The SMILES string of the molecule is Cc1nc(-c2cnc3[nH]ccc3c2)c(-c2ccnc(NC[C@H](C)O)n2)n1C. The van der Waals surface area contributed by atoms with E-state index in [0.29, 0.717) is 12.5 Å². The molecule has 0 radical (unpaired) electrons. The molecule has 8 nitrogen and oxygen atoms in total. The quantitative estimate of drug-likeness (QED) is 0.503. The van der Waals surface area contributed by atoms with Gasteiger partial charge in [-0.05, 0) is 32.0 Å². The number of rotatable bonds is 5. The number of fused-ring (bicyclic) bond motifs is 1. The lowest BCUT2D eigenvalue weighted by molar-refractivity contribution is 0.208. The monoisotopic (exact) mass is 363 g/mol. The van der Waals surface area contributed by atoms with Crippen LogP contribution in [0.4, 0.5) is 5.95 Å². The number of aliphatic hydroxyl groups excluding tert-OH is 1. The molecule has 3 N–H and O–H groups in total. The largest absolute Gasteiger partial charge is 0.392 e. The van der Waals surface area contributed by atoms with Gasteiger partial charge in [0.15, 0.2) is 0 Å². The van der Waals surface area contributed by atoms with Gasteiger partial charge < -0.3 is 20.0 Å². The van der Waals surface area contributed by atoms with Crippen LogP contribution in [0.5, 0.6) is 0 Å². The van der Waals surface area contributed by atoms with Crippen LogP contribution >= 0.6 is 0 Å². The zero-order chi connectivity index (χ0) is 19.0. The van der Waals surface area contributed by atoms with Gasteiger partial charge in [-0.2, -0.15) is 0 Å². The van der Waals surface area contributed by atoms with Crippen molar-refractivity contribution in [2.75, 3.05) is 11.9 Å². The van der Waals surface area contributed by atoms with Crippen LogP contribution in [0.15, 0.2) is 36.8 Å². The van der Waals surface area contributed by atoms with Gasteiger partial charge in [0.1, 0.15) is 11.5 Å². The molecular weight excluding hydrogens is 342 g/mol. The first-order valence-electron chi connectivity index (χ1n) is 8.75. The van der Waals surface area contributed by atoms with Crippen molar-refractivity contribution in [2.24, 2.45) is 7.05 Å². The predicted molar refractivity (Wildman–Crippen MR) is 104 cm³/mol. The summed E-state index contributed by atoms with van der Waals surface area (Å²) in [5, 5.41) is 13.5. The van der Waals surface area contributed by atoms with Gasteiger partial charge in [0.25, 0.3) is 0 Å². The van der Waals surface area contributed by atoms with Crippen molar-refractivity contribution in [2.45, 2.75) is 20.0 Å². The molecule has 138 valence electrons. The Kier molecular flexibility index (Phi) is 4.33. The van der Waals surface area contributed by atoms with Crippen molar-refractivity contribution in [3.05, 3.63) is 42.6 Å². The number of hydrogen-bond donors (Lipinski definition) is 3. The molecule has 4 aromatic heterocycles. The van der Waals surface area contributed by atoms with Crippen LogP contribution in [0.1, 0.15) is 12.7 Å². The van der Waals surface area contributed by atoms with E-state index in [4.69, 9.17) is 4.98 Å². The molecule has 0 saturated carbocycles. The molecule has 4 rings (SSSR count). The molecule has 8 heteroatoms. The summed E-state index contributed by atoms with van der Waals surface area (Å²) in [5.41, 5.74) is 4.25. The molecule has 0 spiro atoms. The number of nitrogens with zero attached hydrogens (tertiary/aromatic N) is 5. The van der Waals surface area contributed by atoms with Gasteiger partial charge in [-0.1, -0.05) is 0 Å². The summed E-state index contributed by atoms with van der Waals surface area (Å²) in [7, 11) is 1.97. The van der Waals surface area contributed by atoms with E-state index < -0.39 is 6.10 Å². The minimum Gasteiger partial charge on any atom is -0.392 e. The number of H-pyrrole nitrogens is 1. The minimum atomic E-state index is -0.481. The van der Waals surface area contributed by atoms with Crippen molar-refractivity contribution >= 4 is 17.0 Å². The zero-order valence-corrected chi connectivity index (χ0v) is 15.4. The van der Waals surface area contributed by atoms with E-state index in [2.05, 4.69) is 31.3 Å². The average Bonchev–Trinajstić information content (AvgIpc) is 3.24. The lowest BCUT2D eigenvalue weighted by Crippen LogP contribution is -2.17. The molecule has 0 aliphatic heterocycles. The Morgan fingerprint density at radius 3 is 2.93 bits per heavy atom. The lowest BCUT2D eigenvalue weighted by atomic mass is 10.1. The first-order chi connectivity index (χ1) is 13.0. The predicted octanol–water partition coefficient (Wildman–Crippen LogP) is 2.52. The van der Waals surface area contributed by atoms with Gasteiger partial charge >= 0.3 is 0 Å². The number of pyridine rings is 1. The molecule has 0 aliphatic carbocycles. The highest BCUT2D eigenvalue weighted by Gasteiger charge is 2.18. The van der Waals surface area contributed by atoms with Gasteiger partial charge in [-0.25, -0.2) is 19.9 Å². The molecular formula is C19H21N7O. The summed E-state index contributed by atoms with van der Waals surface area (Å²) in [6.07, 6.45) is 4.91. The summed E-state index contributed by atoms with van der Waals surface area (Å²) < 4.78 is 2.01. The number of hydrogen-bond acceptors (Lipinski definition) is 6. The van der Waals surface area contributed by atoms with Crippen LogP contribution in [0.3, 0.4) is 0 Å². The van der Waals surface area contributed by atoms with E-state index in [1.54, 1.807) is 13.1 Å². The van der Waals surface area contributed by atoms with Gasteiger partial charge in [-0.15, -0.1) is 0 Å². The molecule has 0 aliphatic rings. The summed E-state index contributed by atoms with van der Waals surface area (Å²) in [6.45, 7) is 4.06. The molecule has 4 heterocycles. The molecule has 0 saturated heterocycles. The molecule has 0 amide bonds. The van der Waals surface area contributed by atoms with E-state index in [1.165, 1.54) is 0 Å². The highest BCUT2D eigenvalue weighted by atomic mass is 16.3. The van der Waals surface area contributed by atoms with Gasteiger partial charge in [0.05, 0.1) is 23.2 Å². The molecule has 4 aromatic rings. The van der Waals surface area contributed by atoms with Crippen LogP contribution in [-0.2, 0) is 7.05 Å². The number of aliphatic hydroxyl groups is 1. The minimum absolute atomic E-state index is 0.384. The Labute approximate surface area is 156 Å². The second-order valence-electron chi connectivity index (χ2n) is 6.55. The molecule has 0 unspecified atom stereocenters. The van der Waals surface area contributed by atoms with E-state index in [-0.39, 0.29) is 0 Å². The maximum Gasteiger partial charge on any atom is 0.223 e. The summed E-state index contributed by atoms with van der Waals surface area (Å²) in [6, 6.07) is 5.91. The molecule has 0 bridgehead atoms. The number of aromatic nitrogens is 6. The topological polar surface area (TPSA) is 105 Å². The van der Waals surface area contributed by atoms with Crippen molar-refractivity contribution in [3.63, 3.8) is 0 Å². The summed E-state index contributed by atoms with van der Waals surface area (Å²) in [5.74, 6) is 1.35. The second-order valence-corrected chi connectivity index (χ2v) is 6.55. The third-order valence-electron chi connectivity index (χ3n) is 4.45. The maximum absolute atomic E-state index is 9.47. The fourth-order valence-corrected chi connectivity index (χ4v) is 2.99. The fourth-order valence-electron chi connectivity index (χ4n) is 2.99. The average molecular weight is 363 g/mol. The summed E-state index contributed by atoms with van der Waals surface area (Å²) in [4.78, 5) is 21.2. The number of imidazole rings is 1. The number of aryl methyl sites for hydroxylation is 1. The van der Waals surface area contributed by atoms with Gasteiger partial charge in [0.2, 0.25) is 5.95 Å². The first kappa shape index (κ1) is 17.2. The third-order valence-corrected chi connectivity index (χ3v) is 4.45. The number of aromatic amines is 1. The Hall–Kier alpha value is -3.26. The van der Waals surface area contributed by atoms with Crippen molar-refractivity contribution in [1.29, 1.82) is 0 Å². The Morgan fingerprint density at radius 1 is 1.26 bits per heavy atom. The molecule has 0 fully saturated rings. The number of nitrogens with one attached hydrogen (secondary N) is 2. The normalized spacial score (nSPS) is 12.4. The van der Waals surface area contributed by atoms with Crippen LogP contribution in [0.2, 0.25) is 0 Å². The van der Waals surface area contributed by atoms with Crippen molar-refractivity contribution in [1.82, 2.24) is 29.5 Å². The highest BCUT2D eigenvalue weighted by molar-refractivity contribution is 5.84. The third kappa shape index (κ3) is 3.26.